The number of anilines is 1. The fraction of sp³-hybridized carbons (Fsp3) is 0.348. The molecule has 1 unspecified atom stereocenters. The first-order chi connectivity index (χ1) is 15.2. The van der Waals surface area contributed by atoms with Gasteiger partial charge in [0.05, 0.1) is 5.02 Å². The first-order valence-corrected chi connectivity index (χ1v) is 11.0. The number of benzene rings is 1. The number of nitrogens with one attached hydrogen (secondary N) is 2. The molecule has 3 aromatic rings. The molecule has 32 heavy (non-hydrogen) atoms. The van der Waals surface area contributed by atoms with Crippen molar-refractivity contribution >= 4 is 47.4 Å². The standard InChI is InChI=1S/C23H28ClN7.HI/c1-2-25-23(29-19-10-13-31(17-19)22-20(24)9-6-11-27-22)28-15-21-26-12-14-30(21)16-18-7-4-3-5-8-18;/h3-9,11-12,14,19H,2,10,13,15-17H2,1H3,(H2,25,28,29);1H. The zero-order chi connectivity index (χ0) is 21.5. The van der Waals surface area contributed by atoms with Crippen molar-refractivity contribution in [1.82, 2.24) is 25.2 Å². The molecule has 1 aromatic carbocycles. The average Bonchev–Trinajstić information content (AvgIpc) is 3.43. The molecule has 1 atom stereocenters. The number of hydrogen-bond donors (Lipinski definition) is 2. The second kappa shape index (κ2) is 12.1. The predicted molar refractivity (Wildman–Crippen MR) is 141 cm³/mol. The van der Waals surface area contributed by atoms with Crippen molar-refractivity contribution in [2.75, 3.05) is 24.5 Å². The molecule has 2 N–H and O–H groups in total. The molecule has 3 heterocycles. The van der Waals surface area contributed by atoms with Gasteiger partial charge in [0.25, 0.3) is 0 Å². The summed E-state index contributed by atoms with van der Waals surface area (Å²) in [6.07, 6.45) is 6.62. The molecule has 0 radical (unpaired) electrons. The quantitative estimate of drug-likeness (QED) is 0.258. The Morgan fingerprint density at radius 2 is 2.00 bits per heavy atom. The van der Waals surface area contributed by atoms with Gasteiger partial charge in [-0.05, 0) is 31.0 Å². The smallest absolute Gasteiger partial charge is 0.191 e. The third-order valence-electron chi connectivity index (χ3n) is 5.29. The van der Waals surface area contributed by atoms with Crippen molar-refractivity contribution in [3.63, 3.8) is 0 Å². The summed E-state index contributed by atoms with van der Waals surface area (Å²) in [5.41, 5.74) is 1.25. The van der Waals surface area contributed by atoms with Crippen molar-refractivity contribution < 1.29 is 0 Å². The van der Waals surface area contributed by atoms with Crippen molar-refractivity contribution in [2.45, 2.75) is 32.5 Å². The van der Waals surface area contributed by atoms with Gasteiger partial charge in [0.15, 0.2) is 5.96 Å². The van der Waals surface area contributed by atoms with Gasteiger partial charge in [-0.25, -0.2) is 15.0 Å². The van der Waals surface area contributed by atoms with Gasteiger partial charge in [-0.2, -0.15) is 0 Å². The molecule has 9 heteroatoms. The van der Waals surface area contributed by atoms with Crippen LogP contribution in [-0.4, -0.2) is 46.2 Å². The molecular formula is C23H29ClIN7. The van der Waals surface area contributed by atoms with E-state index in [9.17, 15) is 0 Å². The zero-order valence-electron chi connectivity index (χ0n) is 18.1. The lowest BCUT2D eigenvalue weighted by atomic mass is 10.2. The lowest BCUT2D eigenvalue weighted by Gasteiger charge is -2.20. The van der Waals surface area contributed by atoms with E-state index in [4.69, 9.17) is 16.6 Å². The largest absolute Gasteiger partial charge is 0.357 e. The molecule has 1 aliphatic rings. The van der Waals surface area contributed by atoms with Gasteiger partial charge in [0.2, 0.25) is 0 Å². The summed E-state index contributed by atoms with van der Waals surface area (Å²) in [6, 6.07) is 14.4. The number of guanidine groups is 1. The Morgan fingerprint density at radius 1 is 1.16 bits per heavy atom. The summed E-state index contributed by atoms with van der Waals surface area (Å²) >= 11 is 6.32. The van der Waals surface area contributed by atoms with E-state index in [0.29, 0.717) is 11.6 Å². The molecule has 1 fully saturated rings. The molecule has 170 valence electrons. The van der Waals surface area contributed by atoms with E-state index in [1.165, 1.54) is 5.56 Å². The average molecular weight is 566 g/mol. The fourth-order valence-electron chi connectivity index (χ4n) is 3.76. The number of hydrogen-bond acceptors (Lipinski definition) is 4. The summed E-state index contributed by atoms with van der Waals surface area (Å²) < 4.78 is 2.14. The molecule has 2 aromatic heterocycles. The van der Waals surface area contributed by atoms with Gasteiger partial charge in [-0.15, -0.1) is 24.0 Å². The van der Waals surface area contributed by atoms with E-state index in [1.54, 1.807) is 6.20 Å². The lowest BCUT2D eigenvalue weighted by Crippen LogP contribution is -2.44. The highest BCUT2D eigenvalue weighted by Gasteiger charge is 2.25. The van der Waals surface area contributed by atoms with Crippen LogP contribution in [0, 0.1) is 0 Å². The molecule has 4 rings (SSSR count). The van der Waals surface area contributed by atoms with Crippen LogP contribution in [0.3, 0.4) is 0 Å². The maximum absolute atomic E-state index is 6.32. The number of nitrogens with zero attached hydrogens (tertiary/aromatic N) is 5. The minimum atomic E-state index is 0. The molecule has 0 saturated carbocycles. The normalized spacial score (nSPS) is 16.0. The summed E-state index contributed by atoms with van der Waals surface area (Å²) in [4.78, 5) is 15.9. The monoisotopic (exact) mass is 565 g/mol. The molecule has 0 spiro atoms. The van der Waals surface area contributed by atoms with Crippen LogP contribution >= 0.6 is 35.6 Å². The fourth-order valence-corrected chi connectivity index (χ4v) is 4.00. The molecule has 1 aliphatic heterocycles. The minimum Gasteiger partial charge on any atom is -0.357 e. The number of aliphatic imine (C=N–C) groups is 1. The molecule has 0 bridgehead atoms. The van der Waals surface area contributed by atoms with E-state index >= 15 is 0 Å². The van der Waals surface area contributed by atoms with Gasteiger partial charge in [-0.1, -0.05) is 41.9 Å². The molecular weight excluding hydrogens is 537 g/mol. The number of pyridine rings is 1. The Hall–Kier alpha value is -2.33. The van der Waals surface area contributed by atoms with Crippen LogP contribution in [0.4, 0.5) is 5.82 Å². The third-order valence-corrected chi connectivity index (χ3v) is 5.58. The molecule has 1 saturated heterocycles. The third kappa shape index (κ3) is 6.35. The van der Waals surface area contributed by atoms with Gasteiger partial charge in [0, 0.05) is 50.8 Å². The Balaban J connectivity index is 0.00000289. The minimum absolute atomic E-state index is 0. The maximum atomic E-state index is 6.32. The Bertz CT molecular complexity index is 1010. The van der Waals surface area contributed by atoms with Gasteiger partial charge < -0.3 is 20.1 Å². The van der Waals surface area contributed by atoms with E-state index in [-0.39, 0.29) is 30.0 Å². The highest BCUT2D eigenvalue weighted by atomic mass is 127. The number of halogens is 2. The number of imidazole rings is 1. The van der Waals surface area contributed by atoms with Crippen LogP contribution in [0.15, 0.2) is 66.0 Å². The summed E-state index contributed by atoms with van der Waals surface area (Å²) in [6.45, 7) is 5.92. The van der Waals surface area contributed by atoms with Gasteiger partial charge in [-0.3, -0.25) is 0 Å². The predicted octanol–water partition coefficient (Wildman–Crippen LogP) is 3.93. The van der Waals surface area contributed by atoms with Crippen molar-refractivity contribution in [1.29, 1.82) is 0 Å². The Labute approximate surface area is 211 Å². The SMILES string of the molecule is CCNC(=NCc1nccn1Cc1ccccc1)NC1CCN(c2ncccc2Cl)C1.I. The second-order valence-electron chi connectivity index (χ2n) is 7.54. The second-order valence-corrected chi connectivity index (χ2v) is 7.94. The van der Waals surface area contributed by atoms with Crippen molar-refractivity contribution in [2.24, 2.45) is 4.99 Å². The number of rotatable bonds is 7. The van der Waals surface area contributed by atoms with Crippen LogP contribution < -0.4 is 15.5 Å². The highest BCUT2D eigenvalue weighted by molar-refractivity contribution is 14.0. The number of aromatic nitrogens is 3. The summed E-state index contributed by atoms with van der Waals surface area (Å²) in [5.74, 6) is 2.59. The van der Waals surface area contributed by atoms with Crippen molar-refractivity contribution in [3.05, 3.63) is 77.5 Å². The summed E-state index contributed by atoms with van der Waals surface area (Å²) in [5, 5.41) is 7.59. The zero-order valence-corrected chi connectivity index (χ0v) is 21.2. The molecule has 7 nitrogen and oxygen atoms in total. The van der Waals surface area contributed by atoms with Crippen LogP contribution in [-0.2, 0) is 13.1 Å². The van der Waals surface area contributed by atoms with E-state index in [2.05, 4.69) is 61.3 Å². The first-order valence-electron chi connectivity index (χ1n) is 10.7. The lowest BCUT2D eigenvalue weighted by molar-refractivity contribution is 0.645. The van der Waals surface area contributed by atoms with E-state index in [0.717, 1.165) is 50.2 Å². The highest BCUT2D eigenvalue weighted by Crippen LogP contribution is 2.25. The topological polar surface area (TPSA) is 70.4 Å². The summed E-state index contributed by atoms with van der Waals surface area (Å²) in [7, 11) is 0. The Kier molecular flexibility index (Phi) is 9.16. The van der Waals surface area contributed by atoms with Crippen molar-refractivity contribution in [3.8, 4) is 0 Å². The molecule has 0 amide bonds. The van der Waals surface area contributed by atoms with E-state index in [1.807, 2.05) is 30.6 Å². The van der Waals surface area contributed by atoms with Gasteiger partial charge in [0.1, 0.15) is 18.2 Å². The van der Waals surface area contributed by atoms with Gasteiger partial charge >= 0.3 is 0 Å². The van der Waals surface area contributed by atoms with Crippen LogP contribution in [0.25, 0.3) is 0 Å². The van der Waals surface area contributed by atoms with Crippen LogP contribution in [0.2, 0.25) is 5.02 Å². The maximum Gasteiger partial charge on any atom is 0.191 e. The molecule has 0 aliphatic carbocycles. The van der Waals surface area contributed by atoms with E-state index < -0.39 is 0 Å². The first kappa shape index (κ1) is 24.3. The van der Waals surface area contributed by atoms with Crippen LogP contribution in [0.1, 0.15) is 24.7 Å². The van der Waals surface area contributed by atoms with Crippen LogP contribution in [0.5, 0.6) is 0 Å². The Morgan fingerprint density at radius 3 is 2.78 bits per heavy atom.